The van der Waals surface area contributed by atoms with Crippen LogP contribution in [-0.4, -0.2) is 31.1 Å². The molecule has 1 aliphatic heterocycles. The van der Waals surface area contributed by atoms with Crippen LogP contribution in [0.3, 0.4) is 0 Å². The number of rotatable bonds is 2. The average molecular weight is 310 g/mol. The lowest BCUT2D eigenvalue weighted by Crippen LogP contribution is -2.42. The maximum Gasteiger partial charge on any atom is 0.137 e. The molecular weight excluding hydrogens is 294 g/mol. The summed E-state index contributed by atoms with van der Waals surface area (Å²) >= 11 is 3.20. The van der Waals surface area contributed by atoms with Crippen LogP contribution in [0.2, 0.25) is 0 Å². The fraction of sp³-hybridized carbons (Fsp3) is 0.455. The molecule has 0 amide bonds. The van der Waals surface area contributed by atoms with Crippen molar-refractivity contribution in [2.75, 3.05) is 26.2 Å². The summed E-state index contributed by atoms with van der Waals surface area (Å²) in [6, 6.07) is 5.22. The summed E-state index contributed by atoms with van der Waals surface area (Å²) in [7, 11) is 0. The van der Waals surface area contributed by atoms with Gasteiger partial charge in [-0.15, -0.1) is 12.4 Å². The van der Waals surface area contributed by atoms with Crippen LogP contribution in [0.25, 0.3) is 0 Å². The van der Waals surface area contributed by atoms with E-state index in [1.165, 1.54) is 6.07 Å². The highest BCUT2D eigenvalue weighted by Gasteiger charge is 2.10. The Bertz CT molecular complexity index is 343. The monoisotopic (exact) mass is 308 g/mol. The molecular formula is C11H15BrClFN2. The highest BCUT2D eigenvalue weighted by Crippen LogP contribution is 2.17. The first-order valence-corrected chi connectivity index (χ1v) is 5.92. The smallest absolute Gasteiger partial charge is 0.137 e. The molecule has 16 heavy (non-hydrogen) atoms. The summed E-state index contributed by atoms with van der Waals surface area (Å²) in [5.41, 5.74) is 1.16. The fourth-order valence-corrected chi connectivity index (χ4v) is 2.19. The first-order chi connectivity index (χ1) is 7.25. The van der Waals surface area contributed by atoms with Crippen molar-refractivity contribution in [2.45, 2.75) is 6.54 Å². The molecule has 1 N–H and O–H groups in total. The van der Waals surface area contributed by atoms with Gasteiger partial charge >= 0.3 is 0 Å². The van der Waals surface area contributed by atoms with Crippen molar-refractivity contribution in [3.05, 3.63) is 34.1 Å². The van der Waals surface area contributed by atoms with Crippen molar-refractivity contribution in [3.63, 3.8) is 0 Å². The van der Waals surface area contributed by atoms with Crippen LogP contribution in [0.5, 0.6) is 0 Å². The van der Waals surface area contributed by atoms with Gasteiger partial charge in [-0.05, 0) is 33.6 Å². The minimum Gasteiger partial charge on any atom is -0.314 e. The van der Waals surface area contributed by atoms with Gasteiger partial charge < -0.3 is 5.32 Å². The zero-order valence-electron chi connectivity index (χ0n) is 8.88. The molecule has 0 aliphatic carbocycles. The Morgan fingerprint density at radius 2 is 2.00 bits per heavy atom. The molecule has 0 saturated carbocycles. The number of hydrogen-bond acceptors (Lipinski definition) is 2. The van der Waals surface area contributed by atoms with E-state index in [9.17, 15) is 4.39 Å². The first kappa shape index (κ1) is 13.9. The highest BCUT2D eigenvalue weighted by molar-refractivity contribution is 9.10. The molecule has 1 heterocycles. The fourth-order valence-electron chi connectivity index (χ4n) is 1.77. The van der Waals surface area contributed by atoms with Crippen LogP contribution in [-0.2, 0) is 6.54 Å². The maximum atomic E-state index is 13.0. The number of hydrogen-bond donors (Lipinski definition) is 1. The van der Waals surface area contributed by atoms with Gasteiger partial charge in [0.05, 0.1) is 4.47 Å². The predicted molar refractivity (Wildman–Crippen MR) is 69.5 cm³/mol. The Hall–Kier alpha value is -0.160. The third-order valence-corrected chi connectivity index (χ3v) is 3.21. The van der Waals surface area contributed by atoms with Crippen LogP contribution in [0, 0.1) is 5.82 Å². The summed E-state index contributed by atoms with van der Waals surface area (Å²) in [5, 5.41) is 3.31. The van der Waals surface area contributed by atoms with Gasteiger partial charge in [0.2, 0.25) is 0 Å². The lowest BCUT2D eigenvalue weighted by molar-refractivity contribution is 0.233. The molecule has 1 fully saturated rings. The van der Waals surface area contributed by atoms with Crippen molar-refractivity contribution in [3.8, 4) is 0 Å². The van der Waals surface area contributed by atoms with Gasteiger partial charge in [-0.25, -0.2) is 4.39 Å². The van der Waals surface area contributed by atoms with Crippen LogP contribution in [0.4, 0.5) is 4.39 Å². The average Bonchev–Trinajstić information content (AvgIpc) is 2.25. The number of piperazine rings is 1. The SMILES string of the molecule is Cl.Fc1ccc(CN2CCNCC2)cc1Br. The summed E-state index contributed by atoms with van der Waals surface area (Å²) < 4.78 is 13.6. The van der Waals surface area contributed by atoms with Crippen molar-refractivity contribution >= 4 is 28.3 Å². The normalized spacial score (nSPS) is 16.9. The van der Waals surface area contributed by atoms with Gasteiger partial charge in [-0.2, -0.15) is 0 Å². The highest BCUT2D eigenvalue weighted by atomic mass is 79.9. The number of halogens is 3. The second kappa shape index (κ2) is 6.55. The van der Waals surface area contributed by atoms with E-state index in [0.717, 1.165) is 38.3 Å². The van der Waals surface area contributed by atoms with E-state index in [-0.39, 0.29) is 18.2 Å². The molecule has 0 spiro atoms. The zero-order chi connectivity index (χ0) is 10.7. The molecule has 1 aliphatic rings. The minimum atomic E-state index is -0.195. The van der Waals surface area contributed by atoms with Crippen molar-refractivity contribution in [1.82, 2.24) is 10.2 Å². The molecule has 5 heteroatoms. The van der Waals surface area contributed by atoms with Gasteiger partial charge in [0.15, 0.2) is 0 Å². The van der Waals surface area contributed by atoms with Crippen LogP contribution in [0.1, 0.15) is 5.56 Å². The number of nitrogens with zero attached hydrogens (tertiary/aromatic N) is 1. The van der Waals surface area contributed by atoms with Gasteiger partial charge in [0.25, 0.3) is 0 Å². The third-order valence-electron chi connectivity index (χ3n) is 2.60. The summed E-state index contributed by atoms with van der Waals surface area (Å²) in [6.45, 7) is 5.12. The maximum absolute atomic E-state index is 13.0. The van der Waals surface area contributed by atoms with E-state index in [1.54, 1.807) is 0 Å². The Morgan fingerprint density at radius 3 is 2.62 bits per heavy atom. The van der Waals surface area contributed by atoms with E-state index in [1.807, 2.05) is 12.1 Å². The van der Waals surface area contributed by atoms with Crippen molar-refractivity contribution in [1.29, 1.82) is 0 Å². The molecule has 2 rings (SSSR count). The Labute approximate surface area is 110 Å². The van der Waals surface area contributed by atoms with E-state index < -0.39 is 0 Å². The van der Waals surface area contributed by atoms with E-state index in [4.69, 9.17) is 0 Å². The number of nitrogens with one attached hydrogen (secondary N) is 1. The predicted octanol–water partition coefficient (Wildman–Crippen LogP) is 2.42. The first-order valence-electron chi connectivity index (χ1n) is 5.13. The number of benzene rings is 1. The second-order valence-corrected chi connectivity index (χ2v) is 4.63. The molecule has 1 aromatic rings. The van der Waals surface area contributed by atoms with Crippen molar-refractivity contribution < 1.29 is 4.39 Å². The summed E-state index contributed by atoms with van der Waals surface area (Å²) in [5.74, 6) is -0.195. The molecule has 0 aromatic heterocycles. The van der Waals surface area contributed by atoms with E-state index in [0.29, 0.717) is 4.47 Å². The molecule has 90 valence electrons. The molecule has 1 aromatic carbocycles. The largest absolute Gasteiger partial charge is 0.314 e. The summed E-state index contributed by atoms with van der Waals surface area (Å²) in [4.78, 5) is 2.37. The Balaban J connectivity index is 0.00000128. The van der Waals surface area contributed by atoms with Crippen LogP contribution in [0.15, 0.2) is 22.7 Å². The molecule has 0 radical (unpaired) electrons. The van der Waals surface area contributed by atoms with Gasteiger partial charge in [0, 0.05) is 32.7 Å². The van der Waals surface area contributed by atoms with Gasteiger partial charge in [-0.1, -0.05) is 6.07 Å². The Morgan fingerprint density at radius 1 is 1.31 bits per heavy atom. The van der Waals surface area contributed by atoms with E-state index in [2.05, 4.69) is 26.1 Å². The lowest BCUT2D eigenvalue weighted by atomic mass is 10.2. The lowest BCUT2D eigenvalue weighted by Gasteiger charge is -2.27. The van der Waals surface area contributed by atoms with Crippen LogP contribution < -0.4 is 5.32 Å². The van der Waals surface area contributed by atoms with Crippen molar-refractivity contribution in [2.24, 2.45) is 0 Å². The van der Waals surface area contributed by atoms with Gasteiger partial charge in [0.1, 0.15) is 5.82 Å². The van der Waals surface area contributed by atoms with E-state index >= 15 is 0 Å². The van der Waals surface area contributed by atoms with Crippen LogP contribution >= 0.6 is 28.3 Å². The molecule has 0 atom stereocenters. The topological polar surface area (TPSA) is 15.3 Å². The minimum absolute atomic E-state index is 0. The standard InChI is InChI=1S/C11H14BrFN2.ClH/c12-10-7-9(1-2-11(10)13)8-15-5-3-14-4-6-15;/h1-2,7,14H,3-6,8H2;1H. The molecule has 2 nitrogen and oxygen atoms in total. The zero-order valence-corrected chi connectivity index (χ0v) is 11.3. The quantitative estimate of drug-likeness (QED) is 0.902. The Kier molecular flexibility index (Phi) is 5.69. The molecule has 1 saturated heterocycles. The second-order valence-electron chi connectivity index (χ2n) is 3.77. The van der Waals surface area contributed by atoms with Gasteiger partial charge in [-0.3, -0.25) is 4.90 Å². The molecule has 0 unspecified atom stereocenters. The third kappa shape index (κ3) is 3.70. The summed E-state index contributed by atoms with van der Waals surface area (Å²) in [6.07, 6.45) is 0. The molecule has 0 bridgehead atoms.